The van der Waals surface area contributed by atoms with Crippen molar-refractivity contribution in [1.82, 2.24) is 24.5 Å². The van der Waals surface area contributed by atoms with E-state index in [0.29, 0.717) is 55.2 Å². The van der Waals surface area contributed by atoms with E-state index in [2.05, 4.69) is 19.6 Å². The molecule has 2 aromatic carbocycles. The van der Waals surface area contributed by atoms with Crippen LogP contribution in [0.25, 0.3) is 10.9 Å². The molecule has 4 rings (SSSR count). The molecule has 34 heavy (non-hydrogen) atoms. The number of carbonyl (C=O) groups excluding carboxylic acids is 1. The first-order valence-electron chi connectivity index (χ1n) is 10.9. The van der Waals surface area contributed by atoms with E-state index in [1.165, 1.54) is 19.2 Å². The number of para-hydroxylation sites is 1. The Bertz CT molecular complexity index is 1330. The lowest BCUT2D eigenvalue weighted by molar-refractivity contribution is -0.134. The van der Waals surface area contributed by atoms with E-state index in [0.717, 1.165) is 0 Å². The minimum Gasteiger partial charge on any atom is -0.497 e. The highest BCUT2D eigenvalue weighted by Crippen LogP contribution is 2.16. The van der Waals surface area contributed by atoms with Gasteiger partial charge < -0.3 is 14.6 Å². The monoisotopic (exact) mass is 485 g/mol. The number of methoxy groups -OCH3 is 1. The Kier molecular flexibility index (Phi) is 6.96. The van der Waals surface area contributed by atoms with Crippen LogP contribution in [0.4, 0.5) is 0 Å². The van der Waals surface area contributed by atoms with Gasteiger partial charge >= 0.3 is 0 Å². The highest BCUT2D eigenvalue weighted by atomic mass is 32.2. The number of H-pyrrole nitrogens is 1. The minimum absolute atomic E-state index is 0.0645. The van der Waals surface area contributed by atoms with E-state index in [4.69, 9.17) is 4.74 Å². The molecule has 0 radical (unpaired) electrons. The van der Waals surface area contributed by atoms with E-state index in [9.17, 15) is 18.0 Å². The number of fused-ring (bicyclic) bond motifs is 1. The molecule has 0 aliphatic carbocycles. The number of ether oxygens (including phenoxy) is 1. The average Bonchev–Trinajstić information content (AvgIpc) is 2.84. The van der Waals surface area contributed by atoms with Gasteiger partial charge in [0.2, 0.25) is 15.9 Å². The lowest BCUT2D eigenvalue weighted by Gasteiger charge is -2.35. The normalized spacial score (nSPS) is 15.9. The first kappa shape index (κ1) is 23.9. The molecule has 0 saturated carbocycles. The van der Waals surface area contributed by atoms with E-state index in [-0.39, 0.29) is 16.4 Å². The Balaban J connectivity index is 1.33. The molecule has 0 bridgehead atoms. The fourth-order valence-corrected chi connectivity index (χ4v) is 5.12. The summed E-state index contributed by atoms with van der Waals surface area (Å²) in [7, 11) is -2.35. The molecule has 0 spiro atoms. The zero-order chi connectivity index (χ0) is 24.3. The second kappa shape index (κ2) is 9.92. The van der Waals surface area contributed by atoms with Gasteiger partial charge in [-0.15, -0.1) is 0 Å². The van der Waals surface area contributed by atoms with Gasteiger partial charge in [-0.25, -0.2) is 13.4 Å². The molecule has 2 heterocycles. The van der Waals surface area contributed by atoms with Crippen LogP contribution in [-0.4, -0.2) is 73.4 Å². The Morgan fingerprint density at radius 2 is 1.79 bits per heavy atom. The summed E-state index contributed by atoms with van der Waals surface area (Å²) in [4.78, 5) is 36.3. The summed E-state index contributed by atoms with van der Waals surface area (Å²) in [6.07, 6.45) is 0. The van der Waals surface area contributed by atoms with E-state index in [1.807, 2.05) is 6.07 Å². The van der Waals surface area contributed by atoms with Crippen molar-refractivity contribution in [2.75, 3.05) is 33.3 Å². The average molecular weight is 486 g/mol. The first-order valence-corrected chi connectivity index (χ1v) is 12.4. The fourth-order valence-electron chi connectivity index (χ4n) is 3.93. The van der Waals surface area contributed by atoms with Crippen LogP contribution < -0.4 is 15.0 Å². The zero-order valence-electron chi connectivity index (χ0n) is 19.0. The molecule has 1 aromatic heterocycles. The second-order valence-electron chi connectivity index (χ2n) is 8.15. The number of nitrogens with one attached hydrogen (secondary N) is 2. The number of sulfonamides is 1. The maximum Gasteiger partial charge on any atom is 0.258 e. The van der Waals surface area contributed by atoms with Crippen LogP contribution in [0, 0.1) is 0 Å². The molecule has 0 unspecified atom stereocenters. The van der Waals surface area contributed by atoms with Gasteiger partial charge in [0.25, 0.3) is 5.56 Å². The van der Waals surface area contributed by atoms with Gasteiger partial charge in [0.05, 0.1) is 35.5 Å². The second-order valence-corrected chi connectivity index (χ2v) is 9.86. The number of carbonyl (C=O) groups is 1. The quantitative estimate of drug-likeness (QED) is 0.510. The lowest BCUT2D eigenvalue weighted by Crippen LogP contribution is -2.54. The Labute approximate surface area is 197 Å². The molecule has 2 N–H and O–H groups in total. The minimum atomic E-state index is -3.85. The Morgan fingerprint density at radius 3 is 2.47 bits per heavy atom. The molecule has 1 amide bonds. The van der Waals surface area contributed by atoms with Gasteiger partial charge in [0, 0.05) is 26.2 Å². The number of aromatic nitrogens is 2. The molecular weight excluding hydrogens is 458 g/mol. The molecule has 11 heteroatoms. The van der Waals surface area contributed by atoms with Crippen LogP contribution in [0.3, 0.4) is 0 Å². The molecular formula is C23H27N5O5S. The number of amides is 1. The van der Waals surface area contributed by atoms with Crippen molar-refractivity contribution in [1.29, 1.82) is 0 Å². The van der Waals surface area contributed by atoms with Gasteiger partial charge in [-0.3, -0.25) is 14.5 Å². The summed E-state index contributed by atoms with van der Waals surface area (Å²) in [5.74, 6) is 0.835. The summed E-state index contributed by atoms with van der Waals surface area (Å²) in [6.45, 7) is 4.07. The van der Waals surface area contributed by atoms with Crippen LogP contribution in [0.2, 0.25) is 0 Å². The Hall–Kier alpha value is -3.28. The number of hydrogen-bond donors (Lipinski definition) is 2. The third-order valence-electron chi connectivity index (χ3n) is 5.79. The number of piperazine rings is 1. The molecule has 180 valence electrons. The van der Waals surface area contributed by atoms with Gasteiger partial charge in [0.15, 0.2) is 0 Å². The van der Waals surface area contributed by atoms with Crippen molar-refractivity contribution in [3.8, 4) is 5.75 Å². The maximum atomic E-state index is 12.9. The van der Waals surface area contributed by atoms with Crippen LogP contribution >= 0.6 is 0 Å². The van der Waals surface area contributed by atoms with E-state index >= 15 is 0 Å². The third kappa shape index (κ3) is 5.27. The number of rotatable bonds is 7. The predicted molar refractivity (Wildman–Crippen MR) is 127 cm³/mol. The van der Waals surface area contributed by atoms with Crippen molar-refractivity contribution >= 4 is 26.8 Å². The van der Waals surface area contributed by atoms with Crippen molar-refractivity contribution < 1.29 is 17.9 Å². The van der Waals surface area contributed by atoms with Crippen LogP contribution in [0.1, 0.15) is 12.7 Å². The van der Waals surface area contributed by atoms with Gasteiger partial charge in [-0.1, -0.05) is 12.1 Å². The molecule has 1 aliphatic heterocycles. The highest BCUT2D eigenvalue weighted by Gasteiger charge is 2.28. The van der Waals surface area contributed by atoms with Crippen LogP contribution in [0.15, 0.2) is 58.2 Å². The topological polar surface area (TPSA) is 125 Å². The van der Waals surface area contributed by atoms with E-state index < -0.39 is 16.1 Å². The summed E-state index contributed by atoms with van der Waals surface area (Å²) in [5, 5.41) is 0.549. The van der Waals surface area contributed by atoms with Crippen LogP contribution in [-0.2, 0) is 21.4 Å². The molecule has 1 fully saturated rings. The standard InChI is InChI=1S/C23H27N5O5S/c1-16(26-34(31,32)18-9-7-17(33-2)8-10-18)23(30)28-13-11-27(12-14-28)15-21-24-20-6-4-3-5-19(20)22(29)25-21/h3-10,16,26H,11-15H2,1-2H3,(H,24,25,29)/t16-/m0/s1. The molecule has 1 atom stereocenters. The summed E-state index contributed by atoms with van der Waals surface area (Å²) >= 11 is 0. The first-order chi connectivity index (χ1) is 16.3. The predicted octanol–water partition coefficient (Wildman–Crippen LogP) is 0.943. The summed E-state index contributed by atoms with van der Waals surface area (Å²) in [5.41, 5.74) is 0.473. The van der Waals surface area contributed by atoms with Crippen LogP contribution in [0.5, 0.6) is 5.75 Å². The molecule has 1 saturated heterocycles. The highest BCUT2D eigenvalue weighted by molar-refractivity contribution is 7.89. The zero-order valence-corrected chi connectivity index (χ0v) is 19.8. The largest absolute Gasteiger partial charge is 0.497 e. The Morgan fingerprint density at radius 1 is 1.12 bits per heavy atom. The van der Waals surface area contributed by atoms with Gasteiger partial charge in [0.1, 0.15) is 11.6 Å². The number of benzene rings is 2. The maximum absolute atomic E-state index is 12.9. The van der Waals surface area contributed by atoms with Gasteiger partial charge in [-0.2, -0.15) is 4.72 Å². The van der Waals surface area contributed by atoms with Crippen molar-refractivity contribution in [3.05, 3.63) is 64.7 Å². The third-order valence-corrected chi connectivity index (χ3v) is 7.35. The molecule has 10 nitrogen and oxygen atoms in total. The lowest BCUT2D eigenvalue weighted by atomic mass is 10.2. The number of aromatic amines is 1. The summed E-state index contributed by atoms with van der Waals surface area (Å²) in [6, 6.07) is 12.2. The smallest absolute Gasteiger partial charge is 0.258 e. The molecule has 3 aromatic rings. The molecule has 1 aliphatic rings. The number of hydrogen-bond acceptors (Lipinski definition) is 7. The SMILES string of the molecule is COc1ccc(S(=O)(=O)N[C@@H](C)C(=O)N2CCN(Cc3nc4ccccc4c(=O)[nH]3)CC2)cc1. The van der Waals surface area contributed by atoms with E-state index in [1.54, 1.807) is 42.2 Å². The van der Waals surface area contributed by atoms with Crippen molar-refractivity contribution in [3.63, 3.8) is 0 Å². The van der Waals surface area contributed by atoms with Crippen molar-refractivity contribution in [2.45, 2.75) is 24.4 Å². The van der Waals surface area contributed by atoms with Gasteiger partial charge in [-0.05, 0) is 43.3 Å². The van der Waals surface area contributed by atoms with Crippen molar-refractivity contribution in [2.24, 2.45) is 0 Å². The summed E-state index contributed by atoms with van der Waals surface area (Å²) < 4.78 is 32.8. The fraction of sp³-hybridized carbons (Fsp3) is 0.348. The number of nitrogens with zero attached hydrogens (tertiary/aromatic N) is 3.